The van der Waals surface area contributed by atoms with Gasteiger partial charge in [-0.25, -0.2) is 4.79 Å². The second-order valence-electron chi connectivity index (χ2n) is 4.68. The van der Waals surface area contributed by atoms with Gasteiger partial charge in [-0.15, -0.1) is 11.3 Å². The Morgan fingerprint density at radius 1 is 1.35 bits per heavy atom. The molecule has 106 valence electrons. The molecule has 0 atom stereocenters. The van der Waals surface area contributed by atoms with Crippen molar-refractivity contribution in [2.45, 2.75) is 13.5 Å². The molecule has 20 heavy (non-hydrogen) atoms. The molecule has 0 bridgehead atoms. The number of aryl methyl sites for hydroxylation is 1. The first-order valence-corrected chi connectivity index (χ1v) is 7.02. The number of thiophene rings is 1. The van der Waals surface area contributed by atoms with Crippen molar-refractivity contribution in [1.29, 1.82) is 0 Å². The molecule has 1 heterocycles. The van der Waals surface area contributed by atoms with Crippen molar-refractivity contribution < 1.29 is 14.6 Å². The molecule has 0 amide bonds. The van der Waals surface area contributed by atoms with Gasteiger partial charge in [-0.2, -0.15) is 0 Å². The quantitative estimate of drug-likeness (QED) is 0.917. The predicted molar refractivity (Wildman–Crippen MR) is 81.1 cm³/mol. The number of benzene rings is 1. The largest absolute Gasteiger partial charge is 0.489 e. The lowest BCUT2D eigenvalue weighted by molar-refractivity contribution is 0.0702. The Hall–Kier alpha value is -2.01. The molecule has 0 aliphatic carbocycles. The van der Waals surface area contributed by atoms with Crippen LogP contribution in [0.4, 0.5) is 5.69 Å². The fourth-order valence-electron chi connectivity index (χ4n) is 1.78. The second kappa shape index (κ2) is 5.96. The van der Waals surface area contributed by atoms with E-state index in [-0.39, 0.29) is 0 Å². The normalized spacial score (nSPS) is 10.3. The summed E-state index contributed by atoms with van der Waals surface area (Å²) in [5, 5.41) is 8.97. The van der Waals surface area contributed by atoms with Crippen LogP contribution in [0.25, 0.3) is 0 Å². The van der Waals surface area contributed by atoms with Crippen LogP contribution in [0.2, 0.25) is 0 Å². The molecule has 1 aromatic carbocycles. The Morgan fingerprint density at radius 2 is 2.10 bits per heavy atom. The fourth-order valence-corrected chi connectivity index (χ4v) is 2.65. The first-order chi connectivity index (χ1) is 9.47. The molecule has 1 N–H and O–H groups in total. The van der Waals surface area contributed by atoms with Crippen LogP contribution in [0.15, 0.2) is 30.3 Å². The van der Waals surface area contributed by atoms with E-state index in [0.29, 0.717) is 11.5 Å². The average Bonchev–Trinajstić information content (AvgIpc) is 2.78. The van der Waals surface area contributed by atoms with Crippen molar-refractivity contribution >= 4 is 23.0 Å². The van der Waals surface area contributed by atoms with E-state index in [1.807, 2.05) is 50.2 Å². The van der Waals surface area contributed by atoms with E-state index in [9.17, 15) is 4.79 Å². The number of hydrogen-bond donors (Lipinski definition) is 1. The van der Waals surface area contributed by atoms with Crippen molar-refractivity contribution in [3.63, 3.8) is 0 Å². The highest BCUT2D eigenvalue weighted by Crippen LogP contribution is 2.24. The molecule has 0 radical (unpaired) electrons. The number of ether oxygens (including phenoxy) is 1. The monoisotopic (exact) mass is 291 g/mol. The fraction of sp³-hybridized carbons (Fsp3) is 0.267. The van der Waals surface area contributed by atoms with Crippen LogP contribution >= 0.6 is 11.3 Å². The molecule has 0 aliphatic rings. The van der Waals surface area contributed by atoms with E-state index in [4.69, 9.17) is 9.84 Å². The summed E-state index contributed by atoms with van der Waals surface area (Å²) < 4.78 is 5.74. The molecule has 0 spiro atoms. The first kappa shape index (κ1) is 14.4. The minimum Gasteiger partial charge on any atom is -0.489 e. The van der Waals surface area contributed by atoms with Crippen molar-refractivity contribution in [3.8, 4) is 5.75 Å². The Labute approximate surface area is 122 Å². The number of carbonyl (C=O) groups is 1. The van der Waals surface area contributed by atoms with E-state index in [0.717, 1.165) is 21.9 Å². The SMILES string of the molecule is Cc1sc(C(=O)O)cc1COc1cccc(N(C)C)c1. The van der Waals surface area contributed by atoms with Gasteiger partial charge in [-0.1, -0.05) is 6.07 Å². The standard InChI is InChI=1S/C15H17NO3S/c1-10-11(7-14(20-10)15(17)18)9-19-13-6-4-5-12(8-13)16(2)3/h4-8H,9H2,1-3H3,(H,17,18). The van der Waals surface area contributed by atoms with Gasteiger partial charge >= 0.3 is 5.97 Å². The number of hydrogen-bond acceptors (Lipinski definition) is 4. The van der Waals surface area contributed by atoms with E-state index < -0.39 is 5.97 Å². The van der Waals surface area contributed by atoms with Crippen LogP contribution in [0.3, 0.4) is 0 Å². The Morgan fingerprint density at radius 3 is 2.70 bits per heavy atom. The lowest BCUT2D eigenvalue weighted by Crippen LogP contribution is -2.08. The molecule has 2 rings (SSSR count). The lowest BCUT2D eigenvalue weighted by Gasteiger charge is -2.14. The zero-order valence-electron chi connectivity index (χ0n) is 11.7. The molecule has 1 aromatic heterocycles. The molecule has 4 nitrogen and oxygen atoms in total. The number of rotatable bonds is 5. The van der Waals surface area contributed by atoms with Crippen molar-refractivity contribution in [2.24, 2.45) is 0 Å². The van der Waals surface area contributed by atoms with Crippen LogP contribution in [-0.4, -0.2) is 25.2 Å². The van der Waals surface area contributed by atoms with Crippen LogP contribution < -0.4 is 9.64 Å². The minimum atomic E-state index is -0.890. The van der Waals surface area contributed by atoms with E-state index in [2.05, 4.69) is 0 Å². The van der Waals surface area contributed by atoms with E-state index >= 15 is 0 Å². The molecule has 0 fully saturated rings. The average molecular weight is 291 g/mol. The number of aromatic carboxylic acids is 1. The zero-order chi connectivity index (χ0) is 14.7. The Bertz CT molecular complexity index is 619. The van der Waals surface area contributed by atoms with Gasteiger partial charge in [-0.05, 0) is 25.1 Å². The minimum absolute atomic E-state index is 0.350. The van der Waals surface area contributed by atoms with Gasteiger partial charge in [0.1, 0.15) is 17.2 Å². The molecule has 0 aliphatic heterocycles. The molecular weight excluding hydrogens is 274 g/mol. The van der Waals surface area contributed by atoms with Gasteiger partial charge in [-0.3, -0.25) is 0 Å². The highest BCUT2D eigenvalue weighted by Gasteiger charge is 2.11. The molecular formula is C15H17NO3S. The topological polar surface area (TPSA) is 49.8 Å². The van der Waals surface area contributed by atoms with Crippen LogP contribution in [0.1, 0.15) is 20.1 Å². The lowest BCUT2D eigenvalue weighted by atomic mass is 10.2. The summed E-state index contributed by atoms with van der Waals surface area (Å²) in [5.74, 6) is -0.113. The molecule has 0 saturated carbocycles. The molecule has 0 unspecified atom stereocenters. The van der Waals surface area contributed by atoms with Crippen LogP contribution in [-0.2, 0) is 6.61 Å². The number of carboxylic acids is 1. The van der Waals surface area contributed by atoms with Crippen molar-refractivity contribution in [2.75, 3.05) is 19.0 Å². The van der Waals surface area contributed by atoms with E-state index in [1.54, 1.807) is 6.07 Å². The van der Waals surface area contributed by atoms with Gasteiger partial charge in [0.15, 0.2) is 0 Å². The smallest absolute Gasteiger partial charge is 0.345 e. The van der Waals surface area contributed by atoms with Crippen molar-refractivity contribution in [1.82, 2.24) is 0 Å². The van der Waals surface area contributed by atoms with Gasteiger partial charge in [0.2, 0.25) is 0 Å². The van der Waals surface area contributed by atoms with Gasteiger partial charge in [0.25, 0.3) is 0 Å². The summed E-state index contributed by atoms with van der Waals surface area (Å²) in [6.45, 7) is 2.29. The molecule has 2 aromatic rings. The number of nitrogens with zero attached hydrogens (tertiary/aromatic N) is 1. The van der Waals surface area contributed by atoms with E-state index in [1.165, 1.54) is 11.3 Å². The van der Waals surface area contributed by atoms with Crippen LogP contribution in [0, 0.1) is 6.92 Å². The van der Waals surface area contributed by atoms with Gasteiger partial charge < -0.3 is 14.7 Å². The first-order valence-electron chi connectivity index (χ1n) is 6.20. The van der Waals surface area contributed by atoms with Gasteiger partial charge in [0.05, 0.1) is 0 Å². The summed E-state index contributed by atoms with van der Waals surface area (Å²) in [7, 11) is 3.95. The predicted octanol–water partition coefficient (Wildman–Crippen LogP) is 3.40. The summed E-state index contributed by atoms with van der Waals surface area (Å²) in [4.78, 5) is 14.3. The maximum atomic E-state index is 10.9. The zero-order valence-corrected chi connectivity index (χ0v) is 12.5. The maximum absolute atomic E-state index is 10.9. The third-order valence-corrected chi connectivity index (χ3v) is 4.04. The number of anilines is 1. The maximum Gasteiger partial charge on any atom is 0.345 e. The second-order valence-corrected chi connectivity index (χ2v) is 5.93. The van der Waals surface area contributed by atoms with Crippen LogP contribution in [0.5, 0.6) is 5.75 Å². The third kappa shape index (κ3) is 3.30. The summed E-state index contributed by atoms with van der Waals surface area (Å²) in [6.07, 6.45) is 0. The van der Waals surface area contributed by atoms with Crippen molar-refractivity contribution in [3.05, 3.63) is 45.6 Å². The highest BCUT2D eigenvalue weighted by molar-refractivity contribution is 7.14. The highest BCUT2D eigenvalue weighted by atomic mass is 32.1. The summed E-state index contributed by atoms with van der Waals surface area (Å²) in [5.41, 5.74) is 1.98. The molecule has 0 saturated heterocycles. The number of carboxylic acid groups (broad SMARTS) is 1. The van der Waals surface area contributed by atoms with Gasteiger partial charge in [0, 0.05) is 36.3 Å². The summed E-state index contributed by atoms with van der Waals surface area (Å²) in [6, 6.07) is 9.48. The summed E-state index contributed by atoms with van der Waals surface area (Å²) >= 11 is 1.28. The third-order valence-electron chi connectivity index (χ3n) is 2.96. The molecule has 5 heteroatoms. The Kier molecular flexibility index (Phi) is 4.29. The Balaban J connectivity index is 2.09.